The smallest absolute Gasteiger partial charge is 0.284 e. The molecule has 1 amide bonds. The van der Waals surface area contributed by atoms with E-state index in [4.69, 9.17) is 9.47 Å². The van der Waals surface area contributed by atoms with Crippen LogP contribution in [0.3, 0.4) is 0 Å². The fourth-order valence-electron chi connectivity index (χ4n) is 2.92. The van der Waals surface area contributed by atoms with E-state index in [0.717, 1.165) is 16.3 Å². The molecule has 1 aliphatic heterocycles. The van der Waals surface area contributed by atoms with Gasteiger partial charge in [0.15, 0.2) is 11.5 Å². The van der Waals surface area contributed by atoms with Crippen LogP contribution in [0, 0.1) is 0 Å². The zero-order valence-electron chi connectivity index (χ0n) is 15.5. The predicted molar refractivity (Wildman–Crippen MR) is 111 cm³/mol. The van der Waals surface area contributed by atoms with Crippen LogP contribution >= 0.6 is 0 Å². The van der Waals surface area contributed by atoms with Gasteiger partial charge in [-0.05, 0) is 41.5 Å². The third kappa shape index (κ3) is 4.04. The van der Waals surface area contributed by atoms with Crippen molar-refractivity contribution in [2.45, 2.75) is 13.0 Å². The first-order valence-corrected chi connectivity index (χ1v) is 9.08. The number of carbonyl (C=O) groups excluding carboxylic acids is 1. The minimum absolute atomic E-state index is 0.144. The Hall–Kier alpha value is -3.60. The fourth-order valence-corrected chi connectivity index (χ4v) is 2.92. The van der Waals surface area contributed by atoms with Gasteiger partial charge in [0.05, 0.1) is 5.71 Å². The molecule has 0 bridgehead atoms. The van der Waals surface area contributed by atoms with Crippen LogP contribution in [0.1, 0.15) is 12.5 Å². The quantitative estimate of drug-likeness (QED) is 0.552. The summed E-state index contributed by atoms with van der Waals surface area (Å²) in [7, 11) is 0. The summed E-state index contributed by atoms with van der Waals surface area (Å²) >= 11 is 0. The summed E-state index contributed by atoms with van der Waals surface area (Å²) < 4.78 is 11.6. The molecule has 1 N–H and O–H groups in total. The van der Waals surface area contributed by atoms with E-state index in [1.54, 1.807) is 0 Å². The minimum atomic E-state index is -0.747. The molecule has 0 spiro atoms. The van der Waals surface area contributed by atoms with Gasteiger partial charge in [-0.2, -0.15) is 5.10 Å². The minimum Gasteiger partial charge on any atom is -0.485 e. The Labute approximate surface area is 163 Å². The standard InChI is InChI=1S/C23H20N2O3/c1-16(11-12-17-7-3-2-4-8-17)24-25-23(26)22-15-27-20-13-18-9-5-6-10-19(18)14-21(20)28-22/h2-14,22H,15H2,1H3,(H,25,26)/b12-11+,24-16+/t22-/m0/s1. The van der Waals surface area contributed by atoms with Crippen molar-refractivity contribution >= 4 is 28.5 Å². The fraction of sp³-hybridized carbons (Fsp3) is 0.130. The second kappa shape index (κ2) is 7.96. The maximum Gasteiger partial charge on any atom is 0.284 e. The highest BCUT2D eigenvalue weighted by molar-refractivity contribution is 5.97. The van der Waals surface area contributed by atoms with Crippen LogP contribution in [0.5, 0.6) is 11.5 Å². The average Bonchev–Trinajstić information content (AvgIpc) is 2.74. The maximum absolute atomic E-state index is 12.4. The van der Waals surface area contributed by atoms with Gasteiger partial charge >= 0.3 is 0 Å². The molecule has 0 fully saturated rings. The van der Waals surface area contributed by atoms with Gasteiger partial charge in [0.1, 0.15) is 6.61 Å². The summed E-state index contributed by atoms with van der Waals surface area (Å²) in [6.07, 6.45) is 3.03. The third-order valence-corrected chi connectivity index (χ3v) is 4.42. The molecule has 0 saturated heterocycles. The number of allylic oxidation sites excluding steroid dienone is 1. The van der Waals surface area contributed by atoms with Crippen molar-refractivity contribution in [1.82, 2.24) is 5.43 Å². The number of nitrogens with zero attached hydrogens (tertiary/aromatic N) is 1. The van der Waals surface area contributed by atoms with Crippen molar-refractivity contribution in [3.63, 3.8) is 0 Å². The molecule has 1 atom stereocenters. The van der Waals surface area contributed by atoms with Gasteiger partial charge in [-0.15, -0.1) is 0 Å². The van der Waals surface area contributed by atoms with Crippen molar-refractivity contribution < 1.29 is 14.3 Å². The Morgan fingerprint density at radius 3 is 2.46 bits per heavy atom. The van der Waals surface area contributed by atoms with E-state index >= 15 is 0 Å². The normalized spacial score (nSPS) is 16.3. The van der Waals surface area contributed by atoms with E-state index < -0.39 is 6.10 Å². The van der Waals surface area contributed by atoms with Gasteiger partial charge in [-0.25, -0.2) is 5.43 Å². The zero-order chi connectivity index (χ0) is 19.3. The predicted octanol–water partition coefficient (Wildman–Crippen LogP) is 4.19. The highest BCUT2D eigenvalue weighted by Gasteiger charge is 2.27. The van der Waals surface area contributed by atoms with Gasteiger partial charge in [-0.1, -0.05) is 60.7 Å². The summed E-state index contributed by atoms with van der Waals surface area (Å²) in [6, 6.07) is 21.7. The van der Waals surface area contributed by atoms with Crippen LogP contribution in [0.2, 0.25) is 0 Å². The summed E-state index contributed by atoms with van der Waals surface area (Å²) in [4.78, 5) is 12.4. The Balaban J connectivity index is 1.40. The second-order valence-corrected chi connectivity index (χ2v) is 6.54. The number of amides is 1. The number of rotatable bonds is 4. The zero-order valence-corrected chi connectivity index (χ0v) is 15.5. The molecule has 5 heteroatoms. The number of hydrazone groups is 1. The summed E-state index contributed by atoms with van der Waals surface area (Å²) in [5, 5.41) is 6.22. The van der Waals surface area contributed by atoms with Crippen LogP contribution in [0.25, 0.3) is 16.8 Å². The summed E-state index contributed by atoms with van der Waals surface area (Å²) in [6.45, 7) is 1.96. The first-order chi connectivity index (χ1) is 13.7. The number of fused-ring (bicyclic) bond motifs is 2. The number of carbonyl (C=O) groups is 1. The highest BCUT2D eigenvalue weighted by atomic mass is 16.6. The SMILES string of the molecule is CC(/C=C/c1ccccc1)=N\NC(=O)[C@@H]1COc2cc3ccccc3cc2O1. The van der Waals surface area contributed by atoms with Crippen molar-refractivity contribution in [3.05, 3.63) is 78.4 Å². The Morgan fingerprint density at radius 1 is 1.04 bits per heavy atom. The number of nitrogens with one attached hydrogen (secondary N) is 1. The van der Waals surface area contributed by atoms with E-state index in [1.165, 1.54) is 0 Å². The van der Waals surface area contributed by atoms with E-state index in [2.05, 4.69) is 10.5 Å². The van der Waals surface area contributed by atoms with Crippen molar-refractivity contribution in [1.29, 1.82) is 0 Å². The van der Waals surface area contributed by atoms with E-state index in [1.807, 2.05) is 85.8 Å². The Morgan fingerprint density at radius 2 is 1.71 bits per heavy atom. The molecular weight excluding hydrogens is 352 g/mol. The number of ether oxygens (including phenoxy) is 2. The molecule has 0 radical (unpaired) electrons. The maximum atomic E-state index is 12.4. The molecule has 0 aromatic heterocycles. The molecule has 0 saturated carbocycles. The molecule has 1 heterocycles. The molecule has 3 aromatic carbocycles. The number of hydrogen-bond donors (Lipinski definition) is 1. The Kier molecular flexibility index (Phi) is 5.06. The van der Waals surface area contributed by atoms with Gasteiger partial charge in [0.2, 0.25) is 6.10 Å². The molecule has 140 valence electrons. The lowest BCUT2D eigenvalue weighted by molar-refractivity contribution is -0.130. The topological polar surface area (TPSA) is 59.9 Å². The van der Waals surface area contributed by atoms with Crippen LogP contribution in [0.15, 0.2) is 77.9 Å². The van der Waals surface area contributed by atoms with Crippen molar-refractivity contribution in [2.75, 3.05) is 6.61 Å². The largest absolute Gasteiger partial charge is 0.485 e. The lowest BCUT2D eigenvalue weighted by Gasteiger charge is -2.25. The third-order valence-electron chi connectivity index (χ3n) is 4.42. The van der Waals surface area contributed by atoms with Crippen LogP contribution in [-0.2, 0) is 4.79 Å². The van der Waals surface area contributed by atoms with E-state index in [-0.39, 0.29) is 12.5 Å². The van der Waals surface area contributed by atoms with Gasteiger partial charge in [0, 0.05) is 0 Å². The monoisotopic (exact) mass is 372 g/mol. The van der Waals surface area contributed by atoms with Crippen molar-refractivity contribution in [2.24, 2.45) is 5.10 Å². The average molecular weight is 372 g/mol. The molecule has 1 aliphatic rings. The Bertz CT molecular complexity index is 1060. The molecule has 0 aliphatic carbocycles. The first-order valence-electron chi connectivity index (χ1n) is 9.08. The number of benzene rings is 3. The van der Waals surface area contributed by atoms with Gasteiger partial charge in [-0.3, -0.25) is 4.79 Å². The van der Waals surface area contributed by atoms with Crippen LogP contribution < -0.4 is 14.9 Å². The molecule has 28 heavy (non-hydrogen) atoms. The van der Waals surface area contributed by atoms with E-state index in [0.29, 0.717) is 17.2 Å². The molecule has 4 rings (SSSR count). The summed E-state index contributed by atoms with van der Waals surface area (Å²) in [5.41, 5.74) is 4.30. The lowest BCUT2D eigenvalue weighted by Crippen LogP contribution is -2.42. The van der Waals surface area contributed by atoms with Crippen molar-refractivity contribution in [3.8, 4) is 11.5 Å². The van der Waals surface area contributed by atoms with Crippen LogP contribution in [0.4, 0.5) is 0 Å². The van der Waals surface area contributed by atoms with Gasteiger partial charge < -0.3 is 9.47 Å². The number of hydrogen-bond acceptors (Lipinski definition) is 4. The second-order valence-electron chi connectivity index (χ2n) is 6.54. The highest BCUT2D eigenvalue weighted by Crippen LogP contribution is 2.35. The lowest BCUT2D eigenvalue weighted by atomic mass is 10.1. The summed E-state index contributed by atoms with van der Waals surface area (Å²) in [5.74, 6) is 0.870. The van der Waals surface area contributed by atoms with Gasteiger partial charge in [0.25, 0.3) is 5.91 Å². The molecule has 3 aromatic rings. The molecule has 0 unspecified atom stereocenters. The molecule has 5 nitrogen and oxygen atoms in total. The van der Waals surface area contributed by atoms with E-state index in [9.17, 15) is 4.79 Å². The first kappa shape index (κ1) is 17.8. The molecular formula is C23H20N2O3. The van der Waals surface area contributed by atoms with Crippen LogP contribution in [-0.4, -0.2) is 24.3 Å².